The Labute approximate surface area is 123 Å². The number of hydrogen-bond donors (Lipinski definition) is 1. The maximum atomic E-state index is 3.49. The van der Waals surface area contributed by atoms with E-state index in [0.29, 0.717) is 18.1 Å². The Bertz CT molecular complexity index is 321. The average Bonchev–Trinajstić information content (AvgIpc) is 2.85. The van der Waals surface area contributed by atoms with Crippen LogP contribution in [-0.4, -0.2) is 36.6 Å². The zero-order valence-corrected chi connectivity index (χ0v) is 14.0. The first kappa shape index (κ1) is 16.7. The van der Waals surface area contributed by atoms with Crippen LogP contribution >= 0.6 is 11.3 Å². The van der Waals surface area contributed by atoms with Gasteiger partial charge in [-0.25, -0.2) is 0 Å². The summed E-state index contributed by atoms with van der Waals surface area (Å²) >= 11 is 1.87. The summed E-state index contributed by atoms with van der Waals surface area (Å²) in [5.41, 5.74) is 0. The fraction of sp³-hybridized carbons (Fsp3) is 0.750. The highest BCUT2D eigenvalue weighted by Gasteiger charge is 2.16. The van der Waals surface area contributed by atoms with E-state index < -0.39 is 0 Å². The van der Waals surface area contributed by atoms with E-state index in [1.165, 1.54) is 24.1 Å². The molecule has 0 aromatic carbocycles. The highest BCUT2D eigenvalue weighted by molar-refractivity contribution is 7.09. The fourth-order valence-electron chi connectivity index (χ4n) is 2.29. The fourth-order valence-corrected chi connectivity index (χ4v) is 3.12. The molecule has 1 aromatic rings. The van der Waals surface area contributed by atoms with Gasteiger partial charge in [0.2, 0.25) is 0 Å². The van der Waals surface area contributed by atoms with E-state index in [9.17, 15) is 0 Å². The third-order valence-electron chi connectivity index (χ3n) is 3.82. The Hall–Kier alpha value is -0.380. The molecule has 0 saturated carbocycles. The van der Waals surface area contributed by atoms with Crippen molar-refractivity contribution in [2.45, 2.75) is 65.1 Å². The molecule has 0 amide bonds. The van der Waals surface area contributed by atoms with E-state index in [1.807, 2.05) is 11.3 Å². The van der Waals surface area contributed by atoms with Crippen molar-refractivity contribution < 1.29 is 0 Å². The first-order valence-electron chi connectivity index (χ1n) is 7.48. The molecule has 1 N–H and O–H groups in total. The summed E-state index contributed by atoms with van der Waals surface area (Å²) in [4.78, 5) is 4.02. The number of thiophene rings is 1. The van der Waals surface area contributed by atoms with Crippen molar-refractivity contribution in [3.63, 3.8) is 0 Å². The molecule has 1 aromatic heterocycles. The van der Waals surface area contributed by atoms with Gasteiger partial charge in [0.15, 0.2) is 0 Å². The molecule has 1 heterocycles. The molecule has 0 saturated heterocycles. The monoisotopic (exact) mass is 282 g/mol. The molecule has 0 bridgehead atoms. The maximum Gasteiger partial charge on any atom is 0.0115 e. The van der Waals surface area contributed by atoms with Gasteiger partial charge in [-0.05, 0) is 58.1 Å². The van der Waals surface area contributed by atoms with Gasteiger partial charge in [0.1, 0.15) is 0 Å². The molecule has 110 valence electrons. The van der Waals surface area contributed by atoms with Gasteiger partial charge in [-0.3, -0.25) is 0 Å². The van der Waals surface area contributed by atoms with Crippen molar-refractivity contribution in [1.29, 1.82) is 0 Å². The molecule has 0 aliphatic rings. The zero-order chi connectivity index (χ0) is 14.3. The number of nitrogens with zero attached hydrogens (tertiary/aromatic N) is 1. The van der Waals surface area contributed by atoms with Gasteiger partial charge in [-0.15, -0.1) is 11.3 Å². The molecule has 3 heteroatoms. The Morgan fingerprint density at radius 2 is 1.95 bits per heavy atom. The molecule has 0 aliphatic heterocycles. The third kappa shape index (κ3) is 6.55. The highest BCUT2D eigenvalue weighted by Crippen LogP contribution is 2.16. The second-order valence-corrected chi connectivity index (χ2v) is 6.93. The molecule has 2 unspecified atom stereocenters. The minimum atomic E-state index is 0.603. The van der Waals surface area contributed by atoms with E-state index in [1.54, 1.807) is 0 Å². The summed E-state index contributed by atoms with van der Waals surface area (Å²) < 4.78 is 0. The Kier molecular flexibility index (Phi) is 7.66. The minimum absolute atomic E-state index is 0.603. The summed E-state index contributed by atoms with van der Waals surface area (Å²) in [6, 6.07) is 6.27. The lowest BCUT2D eigenvalue weighted by Crippen LogP contribution is -2.38. The zero-order valence-electron chi connectivity index (χ0n) is 13.1. The Morgan fingerprint density at radius 1 is 1.21 bits per heavy atom. The lowest BCUT2D eigenvalue weighted by Gasteiger charge is -2.31. The number of hydrogen-bond acceptors (Lipinski definition) is 3. The Balaban J connectivity index is 2.24. The van der Waals surface area contributed by atoms with E-state index in [0.717, 1.165) is 6.54 Å². The van der Waals surface area contributed by atoms with Crippen LogP contribution < -0.4 is 5.32 Å². The highest BCUT2D eigenvalue weighted by atomic mass is 32.1. The number of nitrogens with one attached hydrogen (secondary N) is 1. The van der Waals surface area contributed by atoms with Gasteiger partial charge in [0.25, 0.3) is 0 Å². The SMILES string of the molecule is CC(C)NCCCC(C)N(C)C(C)Cc1cccs1. The van der Waals surface area contributed by atoms with Crippen LogP contribution in [0.1, 0.15) is 45.4 Å². The smallest absolute Gasteiger partial charge is 0.0115 e. The van der Waals surface area contributed by atoms with Crippen LogP contribution in [0.5, 0.6) is 0 Å². The topological polar surface area (TPSA) is 15.3 Å². The molecular formula is C16H30N2S. The van der Waals surface area contributed by atoms with E-state index >= 15 is 0 Å². The van der Waals surface area contributed by atoms with Crippen molar-refractivity contribution in [2.24, 2.45) is 0 Å². The molecular weight excluding hydrogens is 252 g/mol. The van der Waals surface area contributed by atoms with Crippen LogP contribution in [0.2, 0.25) is 0 Å². The average molecular weight is 282 g/mol. The lowest BCUT2D eigenvalue weighted by molar-refractivity contribution is 0.184. The van der Waals surface area contributed by atoms with Crippen molar-refractivity contribution in [3.05, 3.63) is 22.4 Å². The first-order chi connectivity index (χ1) is 9.00. The molecule has 2 nitrogen and oxygen atoms in total. The van der Waals surface area contributed by atoms with Gasteiger partial charge in [0, 0.05) is 23.0 Å². The second kappa shape index (κ2) is 8.72. The van der Waals surface area contributed by atoms with E-state index in [-0.39, 0.29) is 0 Å². The largest absolute Gasteiger partial charge is 0.315 e. The van der Waals surface area contributed by atoms with Gasteiger partial charge in [0.05, 0.1) is 0 Å². The van der Waals surface area contributed by atoms with E-state index in [4.69, 9.17) is 0 Å². The van der Waals surface area contributed by atoms with Gasteiger partial charge in [-0.2, -0.15) is 0 Å². The van der Waals surface area contributed by atoms with Crippen molar-refractivity contribution in [2.75, 3.05) is 13.6 Å². The summed E-state index contributed by atoms with van der Waals surface area (Å²) in [6.45, 7) is 10.2. The van der Waals surface area contributed by atoms with Crippen LogP contribution in [0.15, 0.2) is 17.5 Å². The Morgan fingerprint density at radius 3 is 2.53 bits per heavy atom. The van der Waals surface area contributed by atoms with Crippen LogP contribution in [0.25, 0.3) is 0 Å². The summed E-state index contributed by atoms with van der Waals surface area (Å²) in [7, 11) is 2.26. The molecule has 19 heavy (non-hydrogen) atoms. The maximum absolute atomic E-state index is 3.49. The molecule has 1 rings (SSSR count). The number of likely N-dealkylation sites (N-methyl/N-ethyl adjacent to an activating group) is 1. The van der Waals surface area contributed by atoms with Crippen molar-refractivity contribution >= 4 is 11.3 Å². The van der Waals surface area contributed by atoms with Crippen LogP contribution in [0, 0.1) is 0 Å². The molecule has 0 spiro atoms. The van der Waals surface area contributed by atoms with Gasteiger partial charge < -0.3 is 10.2 Å². The summed E-state index contributed by atoms with van der Waals surface area (Å²) in [6.07, 6.45) is 3.70. The minimum Gasteiger partial charge on any atom is -0.315 e. The quantitative estimate of drug-likeness (QED) is 0.694. The normalized spacial score (nSPS) is 15.1. The lowest BCUT2D eigenvalue weighted by atomic mass is 10.1. The predicted octanol–water partition coefficient (Wildman–Crippen LogP) is 3.78. The van der Waals surface area contributed by atoms with Crippen molar-refractivity contribution in [1.82, 2.24) is 10.2 Å². The second-order valence-electron chi connectivity index (χ2n) is 5.90. The molecule has 0 radical (unpaired) electrons. The van der Waals surface area contributed by atoms with Crippen LogP contribution in [0.4, 0.5) is 0 Å². The molecule has 0 fully saturated rings. The number of rotatable bonds is 9. The molecule has 2 atom stereocenters. The predicted molar refractivity (Wildman–Crippen MR) is 87.1 cm³/mol. The third-order valence-corrected chi connectivity index (χ3v) is 4.72. The first-order valence-corrected chi connectivity index (χ1v) is 8.36. The van der Waals surface area contributed by atoms with Gasteiger partial charge in [-0.1, -0.05) is 19.9 Å². The van der Waals surface area contributed by atoms with E-state index in [2.05, 4.69) is 62.5 Å². The van der Waals surface area contributed by atoms with Crippen LogP contribution in [0.3, 0.4) is 0 Å². The molecule has 0 aliphatic carbocycles. The van der Waals surface area contributed by atoms with Crippen LogP contribution in [-0.2, 0) is 6.42 Å². The van der Waals surface area contributed by atoms with Crippen molar-refractivity contribution in [3.8, 4) is 0 Å². The van der Waals surface area contributed by atoms with Gasteiger partial charge >= 0.3 is 0 Å². The summed E-state index contributed by atoms with van der Waals surface area (Å²) in [5, 5.41) is 5.66. The summed E-state index contributed by atoms with van der Waals surface area (Å²) in [5.74, 6) is 0. The standard InChI is InChI=1S/C16H30N2S/c1-13(2)17-10-6-8-14(3)18(5)15(4)12-16-9-7-11-19-16/h7,9,11,13-15,17H,6,8,10,12H2,1-5H3.